The number of piperidine rings is 1. The third-order valence-electron chi connectivity index (χ3n) is 3.40. The molecule has 1 unspecified atom stereocenters. The second-order valence-corrected chi connectivity index (χ2v) is 4.73. The van der Waals surface area contributed by atoms with Gasteiger partial charge in [0.25, 0.3) is 5.69 Å². The highest BCUT2D eigenvalue weighted by Gasteiger charge is 2.31. The van der Waals surface area contributed by atoms with E-state index in [9.17, 15) is 19.7 Å². The van der Waals surface area contributed by atoms with Crippen LogP contribution in [0.15, 0.2) is 24.3 Å². The Balaban J connectivity index is 2.18. The number of aliphatic carboxylic acids is 1. The monoisotopic (exact) mass is 278 g/mol. The molecule has 1 saturated heterocycles. The largest absolute Gasteiger partial charge is 0.481 e. The van der Waals surface area contributed by atoms with Gasteiger partial charge in [0.1, 0.15) is 0 Å². The van der Waals surface area contributed by atoms with Crippen LogP contribution in [-0.4, -0.2) is 33.4 Å². The Morgan fingerprint density at radius 1 is 1.45 bits per heavy atom. The molecule has 0 bridgehead atoms. The molecule has 1 fully saturated rings. The Hall–Kier alpha value is -2.44. The zero-order valence-corrected chi connectivity index (χ0v) is 10.7. The number of rotatable bonds is 4. The van der Waals surface area contributed by atoms with E-state index in [2.05, 4.69) is 0 Å². The second-order valence-electron chi connectivity index (χ2n) is 4.73. The summed E-state index contributed by atoms with van der Waals surface area (Å²) in [6, 6.07) is 6.17. The van der Waals surface area contributed by atoms with Crippen LogP contribution in [0, 0.1) is 16.0 Å². The molecule has 0 spiro atoms. The van der Waals surface area contributed by atoms with Crippen LogP contribution < -0.4 is 0 Å². The average Bonchev–Trinajstić information content (AvgIpc) is 2.41. The number of carboxylic acid groups (broad SMARTS) is 1. The molecule has 2 rings (SSSR count). The van der Waals surface area contributed by atoms with Gasteiger partial charge in [-0.1, -0.05) is 18.2 Å². The van der Waals surface area contributed by atoms with Crippen LogP contribution in [0.3, 0.4) is 0 Å². The van der Waals surface area contributed by atoms with Crippen molar-refractivity contribution in [1.29, 1.82) is 0 Å². The molecular formula is C13H14N2O5. The van der Waals surface area contributed by atoms with E-state index in [1.54, 1.807) is 18.2 Å². The minimum absolute atomic E-state index is 0.0576. The van der Waals surface area contributed by atoms with Crippen LogP contribution in [0.1, 0.15) is 18.4 Å². The molecule has 0 aliphatic carbocycles. The number of hydrogen-bond donors (Lipinski definition) is 1. The summed E-state index contributed by atoms with van der Waals surface area (Å²) in [5.74, 6) is -1.71. The summed E-state index contributed by atoms with van der Waals surface area (Å²) in [4.78, 5) is 34.6. The molecule has 1 heterocycles. The van der Waals surface area contributed by atoms with Crippen molar-refractivity contribution in [2.45, 2.75) is 19.4 Å². The maximum atomic E-state index is 11.8. The topological polar surface area (TPSA) is 101 Å². The van der Waals surface area contributed by atoms with E-state index in [4.69, 9.17) is 5.11 Å². The van der Waals surface area contributed by atoms with Crippen molar-refractivity contribution in [1.82, 2.24) is 4.90 Å². The normalized spacial score (nSPS) is 18.9. The second kappa shape index (κ2) is 5.68. The first kappa shape index (κ1) is 14.0. The van der Waals surface area contributed by atoms with Crippen molar-refractivity contribution in [3.8, 4) is 0 Å². The molecule has 1 aliphatic heterocycles. The quantitative estimate of drug-likeness (QED) is 0.663. The van der Waals surface area contributed by atoms with Gasteiger partial charge in [-0.15, -0.1) is 0 Å². The van der Waals surface area contributed by atoms with E-state index in [-0.39, 0.29) is 31.1 Å². The van der Waals surface area contributed by atoms with Crippen LogP contribution in [0.4, 0.5) is 5.69 Å². The van der Waals surface area contributed by atoms with Crippen LogP contribution in [0.5, 0.6) is 0 Å². The molecule has 1 aromatic rings. The summed E-state index contributed by atoms with van der Waals surface area (Å²) in [5, 5.41) is 19.9. The van der Waals surface area contributed by atoms with Gasteiger partial charge in [-0.25, -0.2) is 0 Å². The molecule has 1 amide bonds. The zero-order valence-electron chi connectivity index (χ0n) is 10.7. The molecule has 0 saturated carbocycles. The number of carbonyl (C=O) groups is 2. The molecule has 1 aromatic carbocycles. The summed E-state index contributed by atoms with van der Waals surface area (Å²) < 4.78 is 0. The van der Waals surface area contributed by atoms with Gasteiger partial charge in [0, 0.05) is 24.6 Å². The van der Waals surface area contributed by atoms with Crippen molar-refractivity contribution in [3.05, 3.63) is 39.9 Å². The molecule has 7 heteroatoms. The van der Waals surface area contributed by atoms with Gasteiger partial charge in [0.2, 0.25) is 5.91 Å². The summed E-state index contributed by atoms with van der Waals surface area (Å²) in [6.45, 7) is 0.167. The van der Waals surface area contributed by atoms with Crippen molar-refractivity contribution < 1.29 is 19.6 Å². The van der Waals surface area contributed by atoms with Crippen molar-refractivity contribution in [2.24, 2.45) is 5.92 Å². The zero-order chi connectivity index (χ0) is 14.7. The highest BCUT2D eigenvalue weighted by atomic mass is 16.6. The van der Waals surface area contributed by atoms with E-state index in [0.29, 0.717) is 12.0 Å². The van der Waals surface area contributed by atoms with Gasteiger partial charge < -0.3 is 10.0 Å². The number of carbonyl (C=O) groups excluding carboxylic acids is 1. The van der Waals surface area contributed by atoms with Crippen molar-refractivity contribution >= 4 is 17.6 Å². The van der Waals surface area contributed by atoms with Crippen LogP contribution in [-0.2, 0) is 16.1 Å². The minimum atomic E-state index is -0.940. The van der Waals surface area contributed by atoms with Gasteiger partial charge in [-0.05, 0) is 6.42 Å². The summed E-state index contributed by atoms with van der Waals surface area (Å²) in [5.41, 5.74) is 0.356. The predicted molar refractivity (Wildman–Crippen MR) is 68.9 cm³/mol. The fourth-order valence-electron chi connectivity index (χ4n) is 2.30. The number of nitrogens with zero attached hydrogens (tertiary/aromatic N) is 2. The number of benzene rings is 1. The van der Waals surface area contributed by atoms with E-state index in [1.807, 2.05) is 0 Å². The lowest BCUT2D eigenvalue weighted by atomic mass is 9.97. The van der Waals surface area contributed by atoms with Gasteiger partial charge in [-0.2, -0.15) is 0 Å². The Morgan fingerprint density at radius 3 is 2.80 bits per heavy atom. The number of likely N-dealkylation sites (tertiary alicyclic amines) is 1. The van der Waals surface area contributed by atoms with E-state index >= 15 is 0 Å². The number of hydrogen-bond acceptors (Lipinski definition) is 4. The minimum Gasteiger partial charge on any atom is -0.481 e. The first-order chi connectivity index (χ1) is 9.49. The smallest absolute Gasteiger partial charge is 0.308 e. The standard InChI is InChI=1S/C13H14N2O5/c16-12-6-5-10(13(17)18)8-14(12)7-9-3-1-2-4-11(9)15(19)20/h1-4,10H,5-8H2,(H,17,18). The highest BCUT2D eigenvalue weighted by molar-refractivity contribution is 5.80. The van der Waals surface area contributed by atoms with E-state index in [0.717, 1.165) is 0 Å². The Labute approximate surface area is 115 Å². The molecule has 1 N–H and O–H groups in total. The van der Waals surface area contributed by atoms with Gasteiger partial charge in [0.05, 0.1) is 17.4 Å². The first-order valence-corrected chi connectivity index (χ1v) is 6.22. The fourth-order valence-corrected chi connectivity index (χ4v) is 2.30. The van der Waals surface area contributed by atoms with Gasteiger partial charge in [0.15, 0.2) is 0 Å². The molecule has 1 atom stereocenters. The Kier molecular flexibility index (Phi) is 3.97. The summed E-state index contributed by atoms with van der Waals surface area (Å²) in [6.07, 6.45) is 0.485. The summed E-state index contributed by atoms with van der Waals surface area (Å²) >= 11 is 0. The first-order valence-electron chi connectivity index (χ1n) is 6.22. The number of nitro groups is 1. The van der Waals surface area contributed by atoms with Crippen molar-refractivity contribution in [2.75, 3.05) is 6.54 Å². The van der Waals surface area contributed by atoms with E-state index < -0.39 is 16.8 Å². The lowest BCUT2D eigenvalue weighted by molar-refractivity contribution is -0.385. The Morgan fingerprint density at radius 2 is 2.15 bits per heavy atom. The van der Waals surface area contributed by atoms with E-state index in [1.165, 1.54) is 11.0 Å². The van der Waals surface area contributed by atoms with Crippen LogP contribution in [0.25, 0.3) is 0 Å². The molecule has 106 valence electrons. The van der Waals surface area contributed by atoms with Crippen LogP contribution in [0.2, 0.25) is 0 Å². The molecule has 1 aliphatic rings. The SMILES string of the molecule is O=C(O)C1CCC(=O)N(Cc2ccccc2[N+](=O)[O-])C1. The fraction of sp³-hybridized carbons (Fsp3) is 0.385. The summed E-state index contributed by atoms with van der Waals surface area (Å²) in [7, 11) is 0. The third kappa shape index (κ3) is 2.93. The molecular weight excluding hydrogens is 264 g/mol. The highest BCUT2D eigenvalue weighted by Crippen LogP contribution is 2.24. The molecule has 20 heavy (non-hydrogen) atoms. The number of nitro benzene ring substituents is 1. The van der Waals surface area contributed by atoms with Crippen LogP contribution >= 0.6 is 0 Å². The number of amides is 1. The lowest BCUT2D eigenvalue weighted by Crippen LogP contribution is -2.42. The predicted octanol–water partition coefficient (Wildman–Crippen LogP) is 1.42. The van der Waals surface area contributed by atoms with Crippen molar-refractivity contribution in [3.63, 3.8) is 0 Å². The third-order valence-corrected chi connectivity index (χ3v) is 3.40. The van der Waals surface area contributed by atoms with Gasteiger partial charge in [-0.3, -0.25) is 19.7 Å². The lowest BCUT2D eigenvalue weighted by Gasteiger charge is -2.30. The number of para-hydroxylation sites is 1. The molecule has 7 nitrogen and oxygen atoms in total. The Bertz CT molecular complexity index is 557. The molecule has 0 radical (unpaired) electrons. The van der Waals surface area contributed by atoms with Gasteiger partial charge >= 0.3 is 5.97 Å². The maximum Gasteiger partial charge on any atom is 0.308 e. The average molecular weight is 278 g/mol. The molecule has 0 aromatic heterocycles. The number of carboxylic acids is 1. The maximum absolute atomic E-state index is 11.8.